The summed E-state index contributed by atoms with van der Waals surface area (Å²) in [6, 6.07) is 4.00. The quantitative estimate of drug-likeness (QED) is 0.904. The predicted octanol–water partition coefficient (Wildman–Crippen LogP) is 2.10. The van der Waals surface area contributed by atoms with Crippen molar-refractivity contribution in [3.8, 4) is 0 Å². The highest BCUT2D eigenvalue weighted by Gasteiger charge is 2.31. The maximum absolute atomic E-state index is 12.5. The van der Waals surface area contributed by atoms with Crippen LogP contribution in [-0.2, 0) is 14.6 Å². The number of carboxylic acid groups (broad SMARTS) is 1. The Morgan fingerprint density at radius 2 is 2.16 bits per heavy atom. The summed E-state index contributed by atoms with van der Waals surface area (Å²) in [5.74, 6) is -1.15. The van der Waals surface area contributed by atoms with Gasteiger partial charge in [-0.25, -0.2) is 13.2 Å². The highest BCUT2D eigenvalue weighted by molar-refractivity contribution is 9.10. The van der Waals surface area contributed by atoms with Crippen molar-refractivity contribution in [3.63, 3.8) is 0 Å². The molecule has 7 heteroatoms. The first-order valence-corrected chi connectivity index (χ1v) is 8.11. The number of benzene rings is 1. The zero-order chi connectivity index (χ0) is 14.0. The van der Waals surface area contributed by atoms with Crippen LogP contribution in [0.25, 0.3) is 0 Å². The summed E-state index contributed by atoms with van der Waals surface area (Å²) in [5.41, 5.74) is -0.0431. The number of sulfone groups is 1. The van der Waals surface area contributed by atoms with E-state index in [-0.39, 0.29) is 17.1 Å². The standard InChI is InChI=1S/C12H13BrO5S/c13-10-4-3-8(12(14)15)6-11(10)19(16,17)9-2-1-5-18-7-9/h3-4,6,9H,1-2,5,7H2,(H,14,15). The van der Waals surface area contributed by atoms with Gasteiger partial charge in [-0.2, -0.15) is 0 Å². The lowest BCUT2D eigenvalue weighted by Crippen LogP contribution is -2.31. The number of hydrogen-bond acceptors (Lipinski definition) is 4. The average molecular weight is 349 g/mol. The van der Waals surface area contributed by atoms with Crippen molar-refractivity contribution in [2.45, 2.75) is 23.0 Å². The van der Waals surface area contributed by atoms with E-state index >= 15 is 0 Å². The Balaban J connectivity index is 2.44. The summed E-state index contributed by atoms with van der Waals surface area (Å²) >= 11 is 3.17. The molecule has 1 N–H and O–H groups in total. The fourth-order valence-corrected chi connectivity index (χ4v) is 4.66. The second kappa shape index (κ2) is 5.60. The number of aromatic carboxylic acids is 1. The van der Waals surface area contributed by atoms with Crippen molar-refractivity contribution in [2.24, 2.45) is 0 Å². The first-order valence-electron chi connectivity index (χ1n) is 5.77. The molecule has 104 valence electrons. The number of ether oxygens (including phenoxy) is 1. The minimum atomic E-state index is -3.58. The normalized spacial score (nSPS) is 20.2. The lowest BCUT2D eigenvalue weighted by Gasteiger charge is -2.22. The SMILES string of the molecule is O=C(O)c1ccc(Br)c(S(=O)(=O)C2CCCOC2)c1. The second-order valence-corrected chi connectivity index (χ2v) is 7.39. The highest BCUT2D eigenvalue weighted by Crippen LogP contribution is 2.29. The Hall–Kier alpha value is -0.920. The Kier molecular flexibility index (Phi) is 4.27. The monoisotopic (exact) mass is 348 g/mol. The molecular weight excluding hydrogens is 336 g/mol. The fraction of sp³-hybridized carbons (Fsp3) is 0.417. The molecule has 0 spiro atoms. The van der Waals surface area contributed by atoms with Gasteiger partial charge < -0.3 is 9.84 Å². The molecule has 0 saturated carbocycles. The van der Waals surface area contributed by atoms with E-state index < -0.39 is 21.1 Å². The van der Waals surface area contributed by atoms with Crippen molar-refractivity contribution in [1.82, 2.24) is 0 Å². The topological polar surface area (TPSA) is 80.7 Å². The van der Waals surface area contributed by atoms with Gasteiger partial charge in [-0.3, -0.25) is 0 Å². The van der Waals surface area contributed by atoms with Gasteiger partial charge in [0.1, 0.15) is 0 Å². The van der Waals surface area contributed by atoms with Crippen molar-refractivity contribution < 1.29 is 23.1 Å². The Bertz CT molecular complexity index is 590. The molecule has 1 aromatic carbocycles. The molecule has 1 atom stereocenters. The number of rotatable bonds is 3. The third-order valence-corrected chi connectivity index (χ3v) is 6.20. The summed E-state index contributed by atoms with van der Waals surface area (Å²) in [6.07, 6.45) is 1.23. The van der Waals surface area contributed by atoms with Crippen LogP contribution in [0, 0.1) is 0 Å². The zero-order valence-corrected chi connectivity index (χ0v) is 12.4. The summed E-state index contributed by atoms with van der Waals surface area (Å²) in [5, 5.41) is 8.33. The van der Waals surface area contributed by atoms with Crippen LogP contribution in [0.2, 0.25) is 0 Å². The van der Waals surface area contributed by atoms with Crippen LogP contribution >= 0.6 is 15.9 Å². The van der Waals surface area contributed by atoms with Gasteiger partial charge in [0.25, 0.3) is 0 Å². The van der Waals surface area contributed by atoms with E-state index in [1.54, 1.807) is 0 Å². The van der Waals surface area contributed by atoms with Crippen LogP contribution < -0.4 is 0 Å². The summed E-state index contributed by atoms with van der Waals surface area (Å²) in [7, 11) is -3.58. The molecule has 1 aliphatic rings. The molecule has 2 rings (SSSR count). The largest absolute Gasteiger partial charge is 0.478 e. The van der Waals surface area contributed by atoms with Crippen LogP contribution in [-0.4, -0.2) is 38.0 Å². The molecule has 0 aromatic heterocycles. The first-order chi connectivity index (χ1) is 8.93. The molecule has 1 saturated heterocycles. The van der Waals surface area contributed by atoms with Gasteiger partial charge in [0.15, 0.2) is 9.84 Å². The summed E-state index contributed by atoms with van der Waals surface area (Å²) in [6.45, 7) is 0.731. The fourth-order valence-electron chi connectivity index (χ4n) is 1.99. The lowest BCUT2D eigenvalue weighted by atomic mass is 10.2. The van der Waals surface area contributed by atoms with Crippen LogP contribution in [0.3, 0.4) is 0 Å². The van der Waals surface area contributed by atoms with Gasteiger partial charge in [0.2, 0.25) is 0 Å². The Morgan fingerprint density at radius 3 is 2.74 bits per heavy atom. The molecule has 0 bridgehead atoms. The van der Waals surface area contributed by atoms with Gasteiger partial charge in [-0.1, -0.05) is 0 Å². The Labute approximate surface area is 119 Å². The third kappa shape index (κ3) is 2.98. The van der Waals surface area contributed by atoms with E-state index in [4.69, 9.17) is 9.84 Å². The molecule has 1 aromatic rings. The Morgan fingerprint density at radius 1 is 1.42 bits per heavy atom. The van der Waals surface area contributed by atoms with Crippen LogP contribution in [0.1, 0.15) is 23.2 Å². The molecule has 1 aliphatic heterocycles. The first kappa shape index (κ1) is 14.5. The van der Waals surface area contributed by atoms with Crippen molar-refractivity contribution in [2.75, 3.05) is 13.2 Å². The summed E-state index contributed by atoms with van der Waals surface area (Å²) in [4.78, 5) is 10.9. The highest BCUT2D eigenvalue weighted by atomic mass is 79.9. The van der Waals surface area contributed by atoms with Crippen molar-refractivity contribution in [3.05, 3.63) is 28.2 Å². The minimum absolute atomic E-state index is 0.0166. The average Bonchev–Trinajstić information content (AvgIpc) is 2.39. The van der Waals surface area contributed by atoms with E-state index in [9.17, 15) is 13.2 Å². The lowest BCUT2D eigenvalue weighted by molar-refractivity contribution is 0.0696. The maximum atomic E-state index is 12.5. The van der Waals surface area contributed by atoms with Gasteiger partial charge in [0.05, 0.1) is 22.3 Å². The molecule has 0 radical (unpaired) electrons. The molecule has 1 heterocycles. The van der Waals surface area contributed by atoms with Gasteiger partial charge in [0, 0.05) is 11.1 Å². The number of halogens is 1. The van der Waals surface area contributed by atoms with Gasteiger partial charge in [-0.05, 0) is 47.0 Å². The minimum Gasteiger partial charge on any atom is -0.478 e. The number of hydrogen-bond donors (Lipinski definition) is 1. The molecule has 5 nitrogen and oxygen atoms in total. The predicted molar refractivity (Wildman–Crippen MR) is 72.1 cm³/mol. The van der Waals surface area contributed by atoms with E-state index in [1.807, 2.05) is 0 Å². The molecular formula is C12H13BrO5S. The molecule has 1 unspecified atom stereocenters. The van der Waals surface area contributed by atoms with Crippen LogP contribution in [0.5, 0.6) is 0 Å². The molecule has 1 fully saturated rings. The summed E-state index contributed by atoms with van der Waals surface area (Å²) < 4.78 is 30.5. The smallest absolute Gasteiger partial charge is 0.335 e. The number of carbonyl (C=O) groups is 1. The van der Waals surface area contributed by atoms with E-state index in [0.29, 0.717) is 23.9 Å². The molecule has 0 aliphatic carbocycles. The van der Waals surface area contributed by atoms with Crippen LogP contribution in [0.15, 0.2) is 27.6 Å². The molecule has 0 amide bonds. The van der Waals surface area contributed by atoms with Gasteiger partial charge >= 0.3 is 5.97 Å². The number of carboxylic acids is 1. The van der Waals surface area contributed by atoms with E-state index in [2.05, 4.69) is 15.9 Å². The van der Waals surface area contributed by atoms with Gasteiger partial charge in [-0.15, -0.1) is 0 Å². The van der Waals surface area contributed by atoms with Crippen molar-refractivity contribution in [1.29, 1.82) is 0 Å². The van der Waals surface area contributed by atoms with E-state index in [0.717, 1.165) is 0 Å². The third-order valence-electron chi connectivity index (χ3n) is 3.04. The van der Waals surface area contributed by atoms with E-state index in [1.165, 1.54) is 18.2 Å². The van der Waals surface area contributed by atoms with Crippen molar-refractivity contribution >= 4 is 31.7 Å². The maximum Gasteiger partial charge on any atom is 0.335 e. The zero-order valence-electron chi connectivity index (χ0n) is 10.0. The second-order valence-electron chi connectivity index (χ2n) is 4.33. The molecule has 19 heavy (non-hydrogen) atoms. The van der Waals surface area contributed by atoms with Crippen LogP contribution in [0.4, 0.5) is 0 Å².